The number of anilines is 4. The Morgan fingerprint density at radius 1 is 0.764 bits per heavy atom. The van der Waals surface area contributed by atoms with Crippen LogP contribution in [0.15, 0.2) is 84.4 Å². The number of hydrogen-bond acceptors (Lipinski definition) is 7. The first-order valence-corrected chi connectivity index (χ1v) is 17.6. The average molecular weight is 799 g/mol. The number of ether oxygens (including phenoxy) is 1. The molecule has 4 aromatic carbocycles. The van der Waals surface area contributed by atoms with E-state index < -0.39 is 98.2 Å². The maximum atomic E-state index is 15.3. The number of benzene rings is 4. The lowest BCUT2D eigenvalue weighted by molar-refractivity contribution is -0.125. The molecule has 0 unspecified atom stereocenters. The van der Waals surface area contributed by atoms with Crippen molar-refractivity contribution in [3.8, 4) is 11.5 Å². The van der Waals surface area contributed by atoms with Gasteiger partial charge in [0.15, 0.2) is 44.5 Å². The molecule has 1 saturated carbocycles. The number of carbonyl (C=O) groups is 4. The van der Waals surface area contributed by atoms with Gasteiger partial charge in [0.1, 0.15) is 5.69 Å². The average Bonchev–Trinajstić information content (AvgIpc) is 3.52. The number of halogens is 7. The Kier molecular flexibility index (Phi) is 8.50. The Balaban J connectivity index is 1.24. The van der Waals surface area contributed by atoms with Crippen molar-refractivity contribution >= 4 is 69.6 Å². The molecular formula is C39H26Cl2F5N3O6. The molecule has 0 radical (unpaired) electrons. The van der Waals surface area contributed by atoms with Gasteiger partial charge in [0, 0.05) is 17.3 Å². The van der Waals surface area contributed by atoms with Crippen molar-refractivity contribution in [2.75, 3.05) is 22.2 Å². The van der Waals surface area contributed by atoms with Crippen LogP contribution >= 0.6 is 23.2 Å². The lowest BCUT2D eigenvalue weighted by atomic mass is 9.56. The molecule has 0 bridgehead atoms. The second-order valence-electron chi connectivity index (χ2n) is 13.7. The largest absolute Gasteiger partial charge is 0.504 e. The lowest BCUT2D eigenvalue weighted by Gasteiger charge is -2.50. The van der Waals surface area contributed by atoms with Crippen molar-refractivity contribution in [1.29, 1.82) is 0 Å². The van der Waals surface area contributed by atoms with Crippen LogP contribution in [0.3, 0.4) is 0 Å². The molecule has 2 aliphatic carbocycles. The van der Waals surface area contributed by atoms with E-state index in [1.54, 1.807) is 30.3 Å². The first-order chi connectivity index (χ1) is 26.1. The number of carbonyl (C=O) groups excluding carboxylic acids is 4. The van der Waals surface area contributed by atoms with E-state index in [1.807, 2.05) is 30.3 Å². The van der Waals surface area contributed by atoms with Crippen molar-refractivity contribution in [2.45, 2.75) is 28.5 Å². The van der Waals surface area contributed by atoms with E-state index in [2.05, 4.69) is 5.32 Å². The first-order valence-electron chi connectivity index (χ1n) is 16.8. The summed E-state index contributed by atoms with van der Waals surface area (Å²) in [5.74, 6) is -22.0. The molecule has 4 aliphatic rings. The highest BCUT2D eigenvalue weighted by atomic mass is 35.5. The minimum atomic E-state index is -2.71. The van der Waals surface area contributed by atoms with Crippen molar-refractivity contribution in [1.82, 2.24) is 0 Å². The highest BCUT2D eigenvalue weighted by molar-refractivity contribution is 6.58. The summed E-state index contributed by atoms with van der Waals surface area (Å²) in [4.78, 5) is 52.6. The number of phenols is 1. The summed E-state index contributed by atoms with van der Waals surface area (Å²) in [6.45, 7) is 0. The van der Waals surface area contributed by atoms with Crippen LogP contribution in [0.2, 0.25) is 0 Å². The number of methoxy groups -OCH3 is 1. The molecule has 2 aliphatic heterocycles. The number of para-hydroxylation sites is 1. The number of alkyl halides is 2. The van der Waals surface area contributed by atoms with E-state index in [4.69, 9.17) is 27.9 Å². The van der Waals surface area contributed by atoms with Crippen molar-refractivity contribution in [3.05, 3.63) is 119 Å². The van der Waals surface area contributed by atoms with Gasteiger partial charge < -0.3 is 15.2 Å². The zero-order valence-electron chi connectivity index (χ0n) is 28.3. The second kappa shape index (κ2) is 12.8. The summed E-state index contributed by atoms with van der Waals surface area (Å²) in [6.07, 6.45) is 0.888. The summed E-state index contributed by atoms with van der Waals surface area (Å²) in [7, 11) is 1.23. The minimum Gasteiger partial charge on any atom is -0.504 e. The van der Waals surface area contributed by atoms with Gasteiger partial charge in [0.25, 0.3) is 11.8 Å². The molecule has 2 N–H and O–H groups in total. The fraction of sp³-hybridized carbons (Fsp3) is 0.231. The van der Waals surface area contributed by atoms with E-state index >= 15 is 8.78 Å². The van der Waals surface area contributed by atoms with Crippen LogP contribution in [0.1, 0.15) is 24.3 Å². The molecule has 0 spiro atoms. The summed E-state index contributed by atoms with van der Waals surface area (Å²) >= 11 is 14.3. The van der Waals surface area contributed by atoms with E-state index in [-0.39, 0.29) is 39.6 Å². The number of fused-ring (bicyclic) bond motifs is 4. The number of amides is 4. The molecule has 2 saturated heterocycles. The summed E-state index contributed by atoms with van der Waals surface area (Å²) in [6, 6.07) is 19.5. The quantitative estimate of drug-likeness (QED) is 0.0516. The maximum absolute atomic E-state index is 15.3. The lowest BCUT2D eigenvalue weighted by Crippen LogP contribution is -2.60. The van der Waals surface area contributed by atoms with Gasteiger partial charge in [-0.1, -0.05) is 35.9 Å². The normalized spacial score (nSPS) is 27.2. The molecule has 9 nitrogen and oxygen atoms in total. The molecule has 2 heterocycles. The Bertz CT molecular complexity index is 2350. The predicted octanol–water partition coefficient (Wildman–Crippen LogP) is 7.61. The monoisotopic (exact) mass is 797 g/mol. The number of aromatic hydroxyl groups is 1. The number of nitrogens with one attached hydrogen (secondary N) is 1. The first kappa shape index (κ1) is 36.5. The molecule has 3 fully saturated rings. The number of allylic oxidation sites excluding steroid dienone is 2. The minimum absolute atomic E-state index is 0.0390. The van der Waals surface area contributed by atoms with Gasteiger partial charge in [0.2, 0.25) is 17.6 Å². The molecule has 55 heavy (non-hydrogen) atoms. The van der Waals surface area contributed by atoms with Gasteiger partial charge in [-0.2, -0.15) is 0 Å². The number of nitrogens with zero attached hydrogens (tertiary/aromatic N) is 2. The van der Waals surface area contributed by atoms with Crippen LogP contribution in [0, 0.1) is 46.8 Å². The topological polar surface area (TPSA) is 116 Å². The number of imide groups is 2. The second-order valence-corrected chi connectivity index (χ2v) is 14.9. The van der Waals surface area contributed by atoms with Crippen LogP contribution < -0.4 is 19.9 Å². The molecule has 8 rings (SSSR count). The summed E-state index contributed by atoms with van der Waals surface area (Å²) in [5, 5.41) is 13.6. The fourth-order valence-electron chi connectivity index (χ4n) is 8.45. The highest BCUT2D eigenvalue weighted by Gasteiger charge is 2.77. The van der Waals surface area contributed by atoms with Gasteiger partial charge in [-0.3, -0.25) is 24.1 Å². The molecule has 4 amide bonds. The van der Waals surface area contributed by atoms with Gasteiger partial charge in [-0.15, -0.1) is 23.2 Å². The van der Waals surface area contributed by atoms with E-state index in [1.165, 1.54) is 25.3 Å². The third-order valence-corrected chi connectivity index (χ3v) is 12.4. The van der Waals surface area contributed by atoms with Crippen LogP contribution in [-0.2, 0) is 19.2 Å². The van der Waals surface area contributed by atoms with E-state index in [0.29, 0.717) is 5.69 Å². The van der Waals surface area contributed by atoms with Gasteiger partial charge >= 0.3 is 0 Å². The van der Waals surface area contributed by atoms with Gasteiger partial charge in [0.05, 0.1) is 24.6 Å². The summed E-state index contributed by atoms with van der Waals surface area (Å²) < 4.78 is 78.9. The fourth-order valence-corrected chi connectivity index (χ4v) is 9.39. The van der Waals surface area contributed by atoms with Crippen LogP contribution in [-0.4, -0.2) is 45.6 Å². The van der Waals surface area contributed by atoms with Crippen LogP contribution in [0.25, 0.3) is 0 Å². The van der Waals surface area contributed by atoms with Crippen LogP contribution in [0.4, 0.5) is 44.7 Å². The third-order valence-electron chi connectivity index (χ3n) is 10.9. The Morgan fingerprint density at radius 2 is 1.38 bits per heavy atom. The summed E-state index contributed by atoms with van der Waals surface area (Å²) in [5.41, 5.74) is 0.180. The number of rotatable bonds is 6. The van der Waals surface area contributed by atoms with Crippen molar-refractivity contribution < 1.29 is 51.0 Å². The molecule has 6 atom stereocenters. The third kappa shape index (κ3) is 5.03. The van der Waals surface area contributed by atoms with Crippen molar-refractivity contribution in [3.63, 3.8) is 0 Å². The van der Waals surface area contributed by atoms with E-state index in [0.717, 1.165) is 10.6 Å². The number of phenolic OH excluding ortho intramolecular Hbond substituents is 1. The highest BCUT2D eigenvalue weighted by Crippen LogP contribution is 2.66. The molecule has 282 valence electrons. The molecule has 16 heteroatoms. The molecule has 4 aromatic rings. The van der Waals surface area contributed by atoms with E-state index in [9.17, 15) is 37.5 Å². The standard InChI is InChI=1S/C39H26Cl2F5N3O6/c1-55-25-15-17(7-14-24(25)50)27-21-12-13-22-26(35(52)48(34(22)51)20-10-8-19(9-11-20)47-18-5-3-2-4-6-18)23(21)16-38(40)36(53)49(37(54)39(27,38)41)33-31(45)29(43)28(42)30(44)32(33)46/h2-12,14-15,22-23,26-27,47,50H,13,16H2,1H3/t22-,23+,26-,27-,38+,39-/m0/s1. The van der Waals surface area contributed by atoms with Crippen molar-refractivity contribution in [2.24, 2.45) is 17.8 Å². The number of hydrogen-bond donors (Lipinski definition) is 2. The van der Waals surface area contributed by atoms with Gasteiger partial charge in [-0.25, -0.2) is 26.9 Å². The SMILES string of the molecule is COc1cc([C@H]2C3=CC[C@@H]4C(=O)N(c5ccc(Nc6ccccc6)cc5)C(=O)[C@@H]4[C@@H]3C[C@@]3(Cl)C(=O)N(c4c(F)c(F)c(F)c(F)c4F)C(=O)[C@@]23Cl)ccc1O. The van der Waals surface area contributed by atoms with Gasteiger partial charge in [-0.05, 0) is 72.9 Å². The predicted molar refractivity (Wildman–Crippen MR) is 190 cm³/mol. The Hall–Kier alpha value is -5.47. The zero-order valence-corrected chi connectivity index (χ0v) is 29.8. The zero-order chi connectivity index (χ0) is 39.3. The molecule has 0 aromatic heterocycles. The Labute approximate surface area is 318 Å². The smallest absolute Gasteiger partial charge is 0.258 e. The Morgan fingerprint density at radius 3 is 2.02 bits per heavy atom. The molecular weight excluding hydrogens is 772 g/mol. The maximum Gasteiger partial charge on any atom is 0.258 e. The van der Waals surface area contributed by atoms with Crippen LogP contribution in [0.5, 0.6) is 11.5 Å².